The largest absolute Gasteiger partial charge is 0.495 e. The molecule has 0 aromatic heterocycles. The number of carboxylic acids is 1. The number of aryl methyl sites for hydroxylation is 1. The standard InChI is InChI=1S/C11H12ClNO4/c1-5-4-7(17-3)9(6(2)8(5)12)13-10(14)11(15)16/h4H,1-3H3,(H,13,14)(H,15,16). The topological polar surface area (TPSA) is 75.6 Å². The maximum absolute atomic E-state index is 11.1. The first-order valence-corrected chi connectivity index (χ1v) is 5.14. The lowest BCUT2D eigenvalue weighted by Crippen LogP contribution is -2.22. The Morgan fingerprint density at radius 1 is 1.41 bits per heavy atom. The summed E-state index contributed by atoms with van der Waals surface area (Å²) in [4.78, 5) is 21.6. The number of aliphatic carboxylic acids is 1. The van der Waals surface area contributed by atoms with E-state index in [-0.39, 0.29) is 5.69 Å². The smallest absolute Gasteiger partial charge is 0.394 e. The molecule has 1 aromatic carbocycles. The summed E-state index contributed by atoms with van der Waals surface area (Å²) < 4.78 is 5.08. The van der Waals surface area contributed by atoms with Gasteiger partial charge in [0.1, 0.15) is 5.75 Å². The SMILES string of the molecule is COc1cc(C)c(Cl)c(C)c1NC(=O)C(=O)O. The number of carbonyl (C=O) groups is 2. The molecule has 92 valence electrons. The minimum atomic E-state index is -1.57. The Bertz CT molecular complexity index is 485. The lowest BCUT2D eigenvalue weighted by Gasteiger charge is -2.14. The number of carbonyl (C=O) groups excluding carboxylic acids is 1. The molecule has 0 aliphatic rings. The molecule has 2 N–H and O–H groups in total. The van der Waals surface area contributed by atoms with Gasteiger partial charge in [0.25, 0.3) is 0 Å². The van der Waals surface area contributed by atoms with Crippen molar-refractivity contribution in [2.24, 2.45) is 0 Å². The number of hydrogen-bond acceptors (Lipinski definition) is 3. The van der Waals surface area contributed by atoms with Gasteiger partial charge in [-0.25, -0.2) is 4.79 Å². The first-order chi connectivity index (χ1) is 7.88. The highest BCUT2D eigenvalue weighted by molar-refractivity contribution is 6.37. The Balaban J connectivity index is 3.26. The average Bonchev–Trinajstić information content (AvgIpc) is 2.29. The van der Waals surface area contributed by atoms with Crippen LogP contribution in [0.5, 0.6) is 5.75 Å². The van der Waals surface area contributed by atoms with Gasteiger partial charge < -0.3 is 15.2 Å². The number of amides is 1. The number of nitrogens with one attached hydrogen (secondary N) is 1. The molecule has 0 saturated carbocycles. The van der Waals surface area contributed by atoms with Gasteiger partial charge in [0.05, 0.1) is 12.8 Å². The van der Waals surface area contributed by atoms with E-state index in [0.717, 1.165) is 5.56 Å². The number of methoxy groups -OCH3 is 1. The van der Waals surface area contributed by atoms with Crippen LogP contribution in [-0.2, 0) is 9.59 Å². The van der Waals surface area contributed by atoms with Crippen LogP contribution in [-0.4, -0.2) is 24.1 Å². The van der Waals surface area contributed by atoms with E-state index in [1.54, 1.807) is 19.9 Å². The van der Waals surface area contributed by atoms with Crippen molar-refractivity contribution in [3.63, 3.8) is 0 Å². The number of ether oxygens (including phenoxy) is 1. The summed E-state index contributed by atoms with van der Waals surface area (Å²) in [6, 6.07) is 1.63. The van der Waals surface area contributed by atoms with Gasteiger partial charge in [0.2, 0.25) is 0 Å². The number of carboxylic acid groups (broad SMARTS) is 1. The zero-order valence-corrected chi connectivity index (χ0v) is 10.4. The number of anilines is 1. The molecule has 0 bridgehead atoms. The number of benzene rings is 1. The molecule has 0 unspecified atom stereocenters. The van der Waals surface area contributed by atoms with Gasteiger partial charge >= 0.3 is 11.9 Å². The van der Waals surface area contributed by atoms with Crippen LogP contribution < -0.4 is 10.1 Å². The highest BCUT2D eigenvalue weighted by Gasteiger charge is 2.18. The quantitative estimate of drug-likeness (QED) is 0.795. The fourth-order valence-corrected chi connectivity index (χ4v) is 1.55. The molecule has 0 heterocycles. The van der Waals surface area contributed by atoms with Crippen molar-refractivity contribution in [2.45, 2.75) is 13.8 Å². The summed E-state index contributed by atoms with van der Waals surface area (Å²) in [5.74, 6) is -2.33. The minimum Gasteiger partial charge on any atom is -0.495 e. The highest BCUT2D eigenvalue weighted by atomic mass is 35.5. The molecule has 1 aromatic rings. The molecule has 6 heteroatoms. The van der Waals surface area contributed by atoms with E-state index in [1.807, 2.05) is 0 Å². The summed E-state index contributed by atoms with van der Waals surface area (Å²) in [6.07, 6.45) is 0. The Hall–Kier alpha value is -1.75. The van der Waals surface area contributed by atoms with Crippen LogP contribution in [0.15, 0.2) is 6.07 Å². The maximum Gasteiger partial charge on any atom is 0.394 e. The molecule has 1 amide bonds. The molecule has 0 atom stereocenters. The fourth-order valence-electron chi connectivity index (χ4n) is 1.41. The molecular weight excluding hydrogens is 246 g/mol. The van der Waals surface area contributed by atoms with E-state index in [4.69, 9.17) is 21.4 Å². The second kappa shape index (κ2) is 5.05. The van der Waals surface area contributed by atoms with Crippen molar-refractivity contribution < 1.29 is 19.4 Å². The van der Waals surface area contributed by atoms with Gasteiger partial charge in [-0.1, -0.05) is 11.6 Å². The van der Waals surface area contributed by atoms with Crippen LogP contribution in [0.4, 0.5) is 5.69 Å². The van der Waals surface area contributed by atoms with E-state index in [2.05, 4.69) is 5.32 Å². The van der Waals surface area contributed by atoms with Gasteiger partial charge in [0, 0.05) is 5.02 Å². The third-order valence-corrected chi connectivity index (χ3v) is 2.88. The monoisotopic (exact) mass is 257 g/mol. The first kappa shape index (κ1) is 13.3. The molecule has 0 aliphatic heterocycles. The van der Waals surface area contributed by atoms with E-state index < -0.39 is 11.9 Å². The van der Waals surface area contributed by atoms with Crippen LogP contribution >= 0.6 is 11.6 Å². The summed E-state index contributed by atoms with van der Waals surface area (Å²) in [6.45, 7) is 3.47. The summed E-state index contributed by atoms with van der Waals surface area (Å²) in [5, 5.41) is 11.2. The second-order valence-electron chi connectivity index (χ2n) is 3.47. The predicted octanol–water partition coefficient (Wildman–Crippen LogP) is 1.99. The Labute approximate surface area is 103 Å². The summed E-state index contributed by atoms with van der Waals surface area (Å²) >= 11 is 6.02. The number of hydrogen-bond donors (Lipinski definition) is 2. The van der Waals surface area contributed by atoms with Gasteiger partial charge in [-0.3, -0.25) is 4.79 Å². The van der Waals surface area contributed by atoms with E-state index in [0.29, 0.717) is 16.3 Å². The maximum atomic E-state index is 11.1. The van der Waals surface area contributed by atoms with E-state index >= 15 is 0 Å². The average molecular weight is 258 g/mol. The summed E-state index contributed by atoms with van der Waals surface area (Å²) in [5.41, 5.74) is 1.63. The lowest BCUT2D eigenvalue weighted by atomic mass is 10.1. The Kier molecular flexibility index (Phi) is 3.96. The first-order valence-electron chi connectivity index (χ1n) is 4.76. The van der Waals surface area contributed by atoms with E-state index in [9.17, 15) is 9.59 Å². The molecular formula is C11H12ClNO4. The molecule has 1 rings (SSSR count). The minimum absolute atomic E-state index is 0.274. The van der Waals surface area contributed by atoms with Crippen LogP contribution in [0, 0.1) is 13.8 Å². The third kappa shape index (κ3) is 2.68. The van der Waals surface area contributed by atoms with Crippen molar-refractivity contribution in [3.8, 4) is 5.75 Å². The third-order valence-electron chi connectivity index (χ3n) is 2.30. The zero-order valence-electron chi connectivity index (χ0n) is 9.63. The van der Waals surface area contributed by atoms with Crippen molar-refractivity contribution in [1.82, 2.24) is 0 Å². The molecule has 0 saturated heterocycles. The fraction of sp³-hybridized carbons (Fsp3) is 0.273. The molecule has 0 aliphatic carbocycles. The molecule has 0 radical (unpaired) electrons. The van der Waals surface area contributed by atoms with Crippen molar-refractivity contribution >= 4 is 29.2 Å². The van der Waals surface area contributed by atoms with Crippen molar-refractivity contribution in [2.75, 3.05) is 12.4 Å². The second-order valence-corrected chi connectivity index (χ2v) is 3.85. The zero-order chi connectivity index (χ0) is 13.2. The van der Waals surface area contributed by atoms with Crippen molar-refractivity contribution in [1.29, 1.82) is 0 Å². The van der Waals surface area contributed by atoms with Gasteiger partial charge in [-0.05, 0) is 31.0 Å². The molecule has 5 nitrogen and oxygen atoms in total. The highest BCUT2D eigenvalue weighted by Crippen LogP contribution is 2.35. The van der Waals surface area contributed by atoms with Crippen LogP contribution in [0.1, 0.15) is 11.1 Å². The summed E-state index contributed by atoms with van der Waals surface area (Å²) in [7, 11) is 1.43. The van der Waals surface area contributed by atoms with Crippen LogP contribution in [0.3, 0.4) is 0 Å². The van der Waals surface area contributed by atoms with Crippen LogP contribution in [0.25, 0.3) is 0 Å². The molecule has 0 spiro atoms. The predicted molar refractivity (Wildman–Crippen MR) is 63.7 cm³/mol. The molecule has 17 heavy (non-hydrogen) atoms. The Morgan fingerprint density at radius 2 is 2.00 bits per heavy atom. The van der Waals surface area contributed by atoms with Gasteiger partial charge in [-0.2, -0.15) is 0 Å². The Morgan fingerprint density at radius 3 is 2.47 bits per heavy atom. The van der Waals surface area contributed by atoms with Gasteiger partial charge in [-0.15, -0.1) is 0 Å². The number of halogens is 1. The van der Waals surface area contributed by atoms with Crippen LogP contribution in [0.2, 0.25) is 5.02 Å². The lowest BCUT2D eigenvalue weighted by molar-refractivity contribution is -0.147. The van der Waals surface area contributed by atoms with Gasteiger partial charge in [0.15, 0.2) is 0 Å². The number of rotatable bonds is 2. The van der Waals surface area contributed by atoms with E-state index in [1.165, 1.54) is 7.11 Å². The van der Waals surface area contributed by atoms with Crippen molar-refractivity contribution in [3.05, 3.63) is 22.2 Å². The normalized spacial score (nSPS) is 9.88. The molecule has 0 fully saturated rings.